The lowest BCUT2D eigenvalue weighted by molar-refractivity contribution is -0.126. The number of ketones is 1. The van der Waals surface area contributed by atoms with E-state index in [1.165, 1.54) is 25.7 Å². The van der Waals surface area contributed by atoms with E-state index in [-0.39, 0.29) is 0 Å². The molecule has 0 bridgehead atoms. The summed E-state index contributed by atoms with van der Waals surface area (Å²) in [6, 6.07) is 0. The zero-order valence-electron chi connectivity index (χ0n) is 13.3. The van der Waals surface area contributed by atoms with Gasteiger partial charge in [0.1, 0.15) is 5.78 Å². The van der Waals surface area contributed by atoms with Crippen molar-refractivity contribution in [3.05, 3.63) is 0 Å². The molecule has 3 atom stereocenters. The summed E-state index contributed by atoms with van der Waals surface area (Å²) in [5, 5.41) is 0. The Hall–Kier alpha value is -0.410. The fourth-order valence-corrected chi connectivity index (χ4v) is 3.91. The summed E-state index contributed by atoms with van der Waals surface area (Å²) < 4.78 is 5.76. The summed E-state index contributed by atoms with van der Waals surface area (Å²) in [5.41, 5.74) is 0. The number of piperidine rings is 1. The second-order valence-corrected chi connectivity index (χ2v) is 6.57. The lowest BCUT2D eigenvalue weighted by Gasteiger charge is -2.36. The summed E-state index contributed by atoms with van der Waals surface area (Å²) in [5.74, 6) is 1.59. The molecule has 0 radical (unpaired) electrons. The van der Waals surface area contributed by atoms with Gasteiger partial charge in [0.05, 0.1) is 6.10 Å². The van der Waals surface area contributed by atoms with Crippen LogP contribution in [0.1, 0.15) is 58.8 Å². The highest BCUT2D eigenvalue weighted by molar-refractivity contribution is 5.81. The van der Waals surface area contributed by atoms with E-state index >= 15 is 0 Å². The first-order chi connectivity index (χ1) is 9.72. The maximum Gasteiger partial charge on any atom is 0.137 e. The molecule has 0 amide bonds. The molecular weight excluding hydrogens is 250 g/mol. The van der Waals surface area contributed by atoms with Gasteiger partial charge in [-0.05, 0) is 45.1 Å². The Labute approximate surface area is 124 Å². The van der Waals surface area contributed by atoms with E-state index in [0.717, 1.165) is 51.4 Å². The van der Waals surface area contributed by atoms with Crippen LogP contribution in [-0.4, -0.2) is 43.0 Å². The van der Waals surface area contributed by atoms with E-state index < -0.39 is 0 Å². The van der Waals surface area contributed by atoms with Crippen molar-refractivity contribution in [2.24, 2.45) is 11.8 Å². The van der Waals surface area contributed by atoms with E-state index in [1.807, 2.05) is 0 Å². The molecule has 20 heavy (non-hydrogen) atoms. The average Bonchev–Trinajstić information content (AvgIpc) is 2.44. The van der Waals surface area contributed by atoms with Crippen molar-refractivity contribution < 1.29 is 9.53 Å². The van der Waals surface area contributed by atoms with Crippen molar-refractivity contribution in [2.45, 2.75) is 64.9 Å². The highest BCUT2D eigenvalue weighted by Crippen LogP contribution is 2.30. The molecule has 1 saturated carbocycles. The SMILES string of the molecule is CCCC1CCC(=O)C(CN2CCCC(OCC)C2)C1. The monoisotopic (exact) mass is 281 g/mol. The fourth-order valence-electron chi connectivity index (χ4n) is 3.91. The molecule has 0 aromatic rings. The molecular formula is C17H31NO2. The molecule has 0 aromatic heterocycles. The van der Waals surface area contributed by atoms with Gasteiger partial charge in [-0.3, -0.25) is 4.79 Å². The number of ether oxygens (including phenoxy) is 1. The Morgan fingerprint density at radius 2 is 2.15 bits per heavy atom. The van der Waals surface area contributed by atoms with Crippen LogP contribution in [0.3, 0.4) is 0 Å². The maximum absolute atomic E-state index is 12.2. The zero-order chi connectivity index (χ0) is 14.4. The molecule has 1 aliphatic carbocycles. The predicted octanol–water partition coefficient (Wildman–Crippen LogP) is 3.27. The van der Waals surface area contributed by atoms with Crippen molar-refractivity contribution in [3.8, 4) is 0 Å². The van der Waals surface area contributed by atoms with E-state index in [9.17, 15) is 4.79 Å². The molecule has 0 N–H and O–H groups in total. The Bertz CT molecular complexity index is 303. The first-order valence-electron chi connectivity index (χ1n) is 8.59. The van der Waals surface area contributed by atoms with E-state index in [1.54, 1.807) is 0 Å². The Morgan fingerprint density at radius 3 is 2.90 bits per heavy atom. The molecule has 1 aliphatic heterocycles. The third-order valence-electron chi connectivity index (χ3n) is 4.91. The molecule has 0 spiro atoms. The summed E-state index contributed by atoms with van der Waals surface area (Å²) in [6.45, 7) is 8.27. The molecule has 116 valence electrons. The zero-order valence-corrected chi connectivity index (χ0v) is 13.3. The molecule has 0 aromatic carbocycles. The number of Topliss-reactive ketones (excluding diaryl/α,β-unsaturated/α-hetero) is 1. The Morgan fingerprint density at radius 1 is 1.30 bits per heavy atom. The topological polar surface area (TPSA) is 29.5 Å². The van der Waals surface area contributed by atoms with Crippen LogP contribution >= 0.6 is 0 Å². The average molecular weight is 281 g/mol. The van der Waals surface area contributed by atoms with Crippen molar-refractivity contribution in [3.63, 3.8) is 0 Å². The van der Waals surface area contributed by atoms with Gasteiger partial charge in [0.15, 0.2) is 0 Å². The lowest BCUT2D eigenvalue weighted by Crippen LogP contribution is -2.44. The van der Waals surface area contributed by atoms with Crippen LogP contribution in [0.15, 0.2) is 0 Å². The smallest absolute Gasteiger partial charge is 0.137 e. The molecule has 2 rings (SSSR count). The van der Waals surface area contributed by atoms with Gasteiger partial charge in [-0.25, -0.2) is 0 Å². The minimum atomic E-state index is 0.292. The van der Waals surface area contributed by atoms with Crippen molar-refractivity contribution in [1.29, 1.82) is 0 Å². The van der Waals surface area contributed by atoms with Gasteiger partial charge in [0.25, 0.3) is 0 Å². The largest absolute Gasteiger partial charge is 0.377 e. The first kappa shape index (κ1) is 16.0. The summed E-state index contributed by atoms with van der Waals surface area (Å²) >= 11 is 0. The third kappa shape index (κ3) is 4.56. The van der Waals surface area contributed by atoms with E-state index in [2.05, 4.69) is 18.7 Å². The highest BCUT2D eigenvalue weighted by Gasteiger charge is 2.31. The lowest BCUT2D eigenvalue weighted by atomic mass is 9.78. The number of nitrogens with zero attached hydrogens (tertiary/aromatic N) is 1. The summed E-state index contributed by atoms with van der Waals surface area (Å²) in [7, 11) is 0. The van der Waals surface area contributed by atoms with Gasteiger partial charge in [0.2, 0.25) is 0 Å². The fraction of sp³-hybridized carbons (Fsp3) is 0.941. The second kappa shape index (κ2) is 8.14. The van der Waals surface area contributed by atoms with Gasteiger partial charge < -0.3 is 9.64 Å². The minimum Gasteiger partial charge on any atom is -0.377 e. The molecule has 2 aliphatic rings. The first-order valence-corrected chi connectivity index (χ1v) is 8.59. The van der Waals surface area contributed by atoms with Gasteiger partial charge in [-0.2, -0.15) is 0 Å². The quantitative estimate of drug-likeness (QED) is 0.748. The Kier molecular flexibility index (Phi) is 6.50. The summed E-state index contributed by atoms with van der Waals surface area (Å²) in [4.78, 5) is 14.6. The maximum atomic E-state index is 12.2. The van der Waals surface area contributed by atoms with Gasteiger partial charge >= 0.3 is 0 Å². The molecule has 3 nitrogen and oxygen atoms in total. The third-order valence-corrected chi connectivity index (χ3v) is 4.91. The normalized spacial score (nSPS) is 32.5. The Balaban J connectivity index is 1.82. The van der Waals surface area contributed by atoms with Crippen LogP contribution in [0, 0.1) is 11.8 Å². The number of rotatable bonds is 6. The van der Waals surface area contributed by atoms with Crippen LogP contribution < -0.4 is 0 Å². The number of hydrogen-bond acceptors (Lipinski definition) is 3. The van der Waals surface area contributed by atoms with E-state index in [4.69, 9.17) is 4.74 Å². The molecule has 3 unspecified atom stereocenters. The van der Waals surface area contributed by atoms with Crippen LogP contribution in [0.4, 0.5) is 0 Å². The number of carbonyl (C=O) groups is 1. The summed E-state index contributed by atoms with van der Waals surface area (Å²) in [6.07, 6.45) is 8.41. The van der Waals surface area contributed by atoms with Crippen LogP contribution in [0.2, 0.25) is 0 Å². The van der Waals surface area contributed by atoms with Crippen LogP contribution in [-0.2, 0) is 9.53 Å². The number of likely N-dealkylation sites (tertiary alicyclic amines) is 1. The molecule has 3 heteroatoms. The van der Waals surface area contributed by atoms with Gasteiger partial charge in [-0.1, -0.05) is 19.8 Å². The van der Waals surface area contributed by atoms with Gasteiger partial charge in [0, 0.05) is 32.0 Å². The minimum absolute atomic E-state index is 0.292. The standard InChI is InChI=1S/C17H31NO2/c1-3-6-14-8-9-17(19)15(11-14)12-18-10-5-7-16(13-18)20-4-2/h14-16H,3-13H2,1-2H3. The highest BCUT2D eigenvalue weighted by atomic mass is 16.5. The van der Waals surface area contributed by atoms with Crippen LogP contribution in [0.25, 0.3) is 0 Å². The molecule has 2 fully saturated rings. The second-order valence-electron chi connectivity index (χ2n) is 6.57. The van der Waals surface area contributed by atoms with Crippen LogP contribution in [0.5, 0.6) is 0 Å². The van der Waals surface area contributed by atoms with E-state index in [0.29, 0.717) is 17.8 Å². The number of carbonyl (C=O) groups excluding carboxylic acids is 1. The predicted molar refractivity (Wildman–Crippen MR) is 81.8 cm³/mol. The molecule has 1 heterocycles. The van der Waals surface area contributed by atoms with Crippen molar-refractivity contribution >= 4 is 5.78 Å². The molecule has 1 saturated heterocycles. The van der Waals surface area contributed by atoms with Crippen molar-refractivity contribution in [1.82, 2.24) is 4.90 Å². The van der Waals surface area contributed by atoms with Crippen molar-refractivity contribution in [2.75, 3.05) is 26.2 Å². The van der Waals surface area contributed by atoms with Gasteiger partial charge in [-0.15, -0.1) is 0 Å². The number of hydrogen-bond donors (Lipinski definition) is 0.